The molecule has 1 nitrogen and oxygen atoms in total. The van der Waals surface area contributed by atoms with Gasteiger partial charge in [0.05, 0.1) is 0 Å². The van der Waals surface area contributed by atoms with E-state index in [4.69, 9.17) is 0 Å². The lowest BCUT2D eigenvalue weighted by molar-refractivity contribution is 0.346. The second kappa shape index (κ2) is 7.99. The fourth-order valence-electron chi connectivity index (χ4n) is 3.41. The van der Waals surface area contributed by atoms with E-state index >= 15 is 0 Å². The standard InChI is InChI=1S/C18H20.C2H7N/c1-4-10-16(11-5-1)18(14-8-3-9-15-18)17-12-6-2-7-13-17;1-3-2/h1-2,4-7,10-13H,3,8-9,14-15H2;3H,1-2H3. The van der Waals surface area contributed by atoms with E-state index in [1.807, 2.05) is 14.1 Å². The van der Waals surface area contributed by atoms with Crippen LogP contribution in [-0.2, 0) is 5.41 Å². The molecule has 21 heavy (non-hydrogen) atoms. The van der Waals surface area contributed by atoms with Gasteiger partial charge in [-0.2, -0.15) is 0 Å². The molecule has 0 bridgehead atoms. The van der Waals surface area contributed by atoms with Crippen LogP contribution < -0.4 is 5.32 Å². The molecule has 1 heteroatoms. The van der Waals surface area contributed by atoms with Crippen LogP contribution in [0.25, 0.3) is 0 Å². The average molecular weight is 281 g/mol. The van der Waals surface area contributed by atoms with Gasteiger partial charge in [0.2, 0.25) is 0 Å². The number of rotatable bonds is 2. The Morgan fingerprint density at radius 3 is 1.43 bits per heavy atom. The first-order chi connectivity index (χ1) is 10.3. The van der Waals surface area contributed by atoms with Gasteiger partial charge >= 0.3 is 0 Å². The normalized spacial score (nSPS) is 16.7. The highest BCUT2D eigenvalue weighted by Gasteiger charge is 2.35. The molecule has 1 fully saturated rings. The largest absolute Gasteiger partial charge is 0.323 e. The van der Waals surface area contributed by atoms with Gasteiger partial charge in [0.15, 0.2) is 0 Å². The number of benzene rings is 2. The zero-order chi connectivity index (χ0) is 15.0. The molecule has 0 heterocycles. The number of nitrogens with one attached hydrogen (secondary N) is 1. The Hall–Kier alpha value is -1.60. The van der Waals surface area contributed by atoms with Crippen molar-refractivity contribution >= 4 is 0 Å². The van der Waals surface area contributed by atoms with E-state index in [0.29, 0.717) is 0 Å². The van der Waals surface area contributed by atoms with E-state index < -0.39 is 0 Å². The maximum Gasteiger partial charge on any atom is 0.0202 e. The molecular weight excluding hydrogens is 254 g/mol. The molecule has 1 N–H and O–H groups in total. The number of hydrogen-bond donors (Lipinski definition) is 1. The van der Waals surface area contributed by atoms with Crippen molar-refractivity contribution in [2.24, 2.45) is 0 Å². The lowest BCUT2D eigenvalue weighted by Gasteiger charge is -2.38. The van der Waals surface area contributed by atoms with Gasteiger partial charge in [-0.1, -0.05) is 79.9 Å². The molecule has 0 aromatic heterocycles. The predicted octanol–water partition coefficient (Wildman–Crippen LogP) is 4.77. The predicted molar refractivity (Wildman–Crippen MR) is 91.7 cm³/mol. The monoisotopic (exact) mass is 281 g/mol. The van der Waals surface area contributed by atoms with Crippen molar-refractivity contribution in [1.29, 1.82) is 0 Å². The molecule has 0 saturated heterocycles. The van der Waals surface area contributed by atoms with E-state index in [-0.39, 0.29) is 5.41 Å². The van der Waals surface area contributed by atoms with E-state index in [9.17, 15) is 0 Å². The van der Waals surface area contributed by atoms with E-state index in [1.165, 1.54) is 43.2 Å². The van der Waals surface area contributed by atoms with Crippen LogP contribution in [0.15, 0.2) is 60.7 Å². The van der Waals surface area contributed by atoms with Crippen LogP contribution in [0.4, 0.5) is 0 Å². The minimum atomic E-state index is 0.265. The van der Waals surface area contributed by atoms with Crippen LogP contribution in [0.3, 0.4) is 0 Å². The molecule has 1 saturated carbocycles. The van der Waals surface area contributed by atoms with Crippen LogP contribution in [0.1, 0.15) is 43.2 Å². The SMILES string of the molecule is CNC.c1ccc(C2(c3ccccc3)CCCCC2)cc1. The van der Waals surface area contributed by atoms with Crippen LogP contribution in [0, 0.1) is 0 Å². The zero-order valence-corrected chi connectivity index (χ0v) is 13.3. The fourth-order valence-corrected chi connectivity index (χ4v) is 3.41. The van der Waals surface area contributed by atoms with Gasteiger partial charge in [-0.05, 0) is 38.1 Å². The highest BCUT2D eigenvalue weighted by molar-refractivity contribution is 5.39. The minimum absolute atomic E-state index is 0.265. The van der Waals surface area contributed by atoms with Crippen molar-refractivity contribution < 1.29 is 0 Å². The molecular formula is C20H27N. The van der Waals surface area contributed by atoms with Gasteiger partial charge in [0, 0.05) is 5.41 Å². The van der Waals surface area contributed by atoms with Gasteiger partial charge in [-0.25, -0.2) is 0 Å². The first kappa shape index (κ1) is 15.8. The van der Waals surface area contributed by atoms with Gasteiger partial charge in [-0.15, -0.1) is 0 Å². The molecule has 3 rings (SSSR count). The molecule has 0 unspecified atom stereocenters. The van der Waals surface area contributed by atoms with Gasteiger partial charge in [-0.3, -0.25) is 0 Å². The van der Waals surface area contributed by atoms with Gasteiger partial charge in [0.25, 0.3) is 0 Å². The third-order valence-corrected chi connectivity index (χ3v) is 4.36. The van der Waals surface area contributed by atoms with Crippen molar-refractivity contribution in [3.63, 3.8) is 0 Å². The van der Waals surface area contributed by atoms with Crippen molar-refractivity contribution in [3.05, 3.63) is 71.8 Å². The molecule has 2 aromatic carbocycles. The molecule has 0 spiro atoms. The molecule has 1 aliphatic rings. The van der Waals surface area contributed by atoms with E-state index in [0.717, 1.165) is 0 Å². The summed E-state index contributed by atoms with van der Waals surface area (Å²) in [6.07, 6.45) is 6.68. The van der Waals surface area contributed by atoms with E-state index in [2.05, 4.69) is 66.0 Å². The Morgan fingerprint density at radius 1 is 0.667 bits per heavy atom. The minimum Gasteiger partial charge on any atom is -0.323 e. The Labute approximate surface area is 129 Å². The van der Waals surface area contributed by atoms with E-state index in [1.54, 1.807) is 0 Å². The maximum atomic E-state index is 2.75. The summed E-state index contributed by atoms with van der Waals surface area (Å²) in [5, 5.41) is 2.75. The summed E-state index contributed by atoms with van der Waals surface area (Å²) < 4.78 is 0. The lowest BCUT2D eigenvalue weighted by Crippen LogP contribution is -2.30. The molecule has 0 aliphatic heterocycles. The van der Waals surface area contributed by atoms with Crippen LogP contribution in [0.5, 0.6) is 0 Å². The fraction of sp³-hybridized carbons (Fsp3) is 0.400. The summed E-state index contributed by atoms with van der Waals surface area (Å²) in [4.78, 5) is 0. The quantitative estimate of drug-likeness (QED) is 0.836. The summed E-state index contributed by atoms with van der Waals surface area (Å²) in [5.74, 6) is 0. The van der Waals surface area contributed by atoms with Crippen molar-refractivity contribution in [2.75, 3.05) is 14.1 Å². The average Bonchev–Trinajstić information content (AvgIpc) is 2.58. The topological polar surface area (TPSA) is 12.0 Å². The second-order valence-corrected chi connectivity index (χ2v) is 5.87. The Morgan fingerprint density at radius 2 is 1.05 bits per heavy atom. The van der Waals surface area contributed by atoms with Crippen LogP contribution in [0.2, 0.25) is 0 Å². The highest BCUT2D eigenvalue weighted by atomic mass is 14.7. The molecule has 1 aliphatic carbocycles. The third-order valence-electron chi connectivity index (χ3n) is 4.36. The highest BCUT2D eigenvalue weighted by Crippen LogP contribution is 2.44. The first-order valence-corrected chi connectivity index (χ1v) is 8.03. The van der Waals surface area contributed by atoms with Gasteiger partial charge < -0.3 is 5.32 Å². The van der Waals surface area contributed by atoms with Crippen molar-refractivity contribution in [3.8, 4) is 0 Å². The summed E-state index contributed by atoms with van der Waals surface area (Å²) in [5.41, 5.74) is 3.26. The van der Waals surface area contributed by atoms with Crippen molar-refractivity contribution in [2.45, 2.75) is 37.5 Å². The summed E-state index contributed by atoms with van der Waals surface area (Å²) in [6, 6.07) is 22.1. The third kappa shape index (κ3) is 3.74. The zero-order valence-electron chi connectivity index (χ0n) is 13.3. The molecule has 0 amide bonds. The second-order valence-electron chi connectivity index (χ2n) is 5.87. The smallest absolute Gasteiger partial charge is 0.0202 e. The maximum absolute atomic E-state index is 2.75. The molecule has 2 aromatic rings. The summed E-state index contributed by atoms with van der Waals surface area (Å²) >= 11 is 0. The van der Waals surface area contributed by atoms with Crippen LogP contribution in [-0.4, -0.2) is 14.1 Å². The summed E-state index contributed by atoms with van der Waals surface area (Å²) in [7, 11) is 3.75. The Kier molecular flexibility index (Phi) is 6.01. The molecule has 112 valence electrons. The Balaban J connectivity index is 0.000000497. The Bertz CT molecular complexity index is 456. The van der Waals surface area contributed by atoms with Crippen molar-refractivity contribution in [1.82, 2.24) is 5.32 Å². The van der Waals surface area contributed by atoms with Gasteiger partial charge in [0.1, 0.15) is 0 Å². The lowest BCUT2D eigenvalue weighted by atomic mass is 9.65. The van der Waals surface area contributed by atoms with Crippen LogP contribution >= 0.6 is 0 Å². The molecule has 0 radical (unpaired) electrons. The molecule has 0 atom stereocenters. The summed E-state index contributed by atoms with van der Waals surface area (Å²) in [6.45, 7) is 0. The number of hydrogen-bond acceptors (Lipinski definition) is 1. The first-order valence-electron chi connectivity index (χ1n) is 8.03.